The summed E-state index contributed by atoms with van der Waals surface area (Å²) in [5.41, 5.74) is 1.38. The van der Waals surface area contributed by atoms with E-state index in [0.29, 0.717) is 53.6 Å². The van der Waals surface area contributed by atoms with Crippen LogP contribution in [0.15, 0.2) is 36.4 Å². The Labute approximate surface area is 289 Å². The fourth-order valence-corrected chi connectivity index (χ4v) is 5.79. The Morgan fingerprint density at radius 3 is 2.45 bits per heavy atom. The first-order valence-corrected chi connectivity index (χ1v) is 17.2. The molecule has 0 radical (unpaired) electrons. The van der Waals surface area contributed by atoms with Gasteiger partial charge in [0.1, 0.15) is 5.75 Å². The summed E-state index contributed by atoms with van der Waals surface area (Å²) in [4.78, 5) is 45.5. The quantitative estimate of drug-likeness (QED) is 0.326. The Bertz CT molecular complexity index is 1420. The number of hydrogen-bond donors (Lipinski definition) is 3. The van der Waals surface area contributed by atoms with Crippen LogP contribution in [0, 0.1) is 5.92 Å². The van der Waals surface area contributed by atoms with Crippen LogP contribution >= 0.6 is 0 Å². The third-order valence-electron chi connectivity index (χ3n) is 8.77. The molecule has 0 aromatic heterocycles. The maximum atomic E-state index is 14.3. The zero-order valence-electron chi connectivity index (χ0n) is 29.7. The highest BCUT2D eigenvalue weighted by molar-refractivity contribution is 5.99. The van der Waals surface area contributed by atoms with Gasteiger partial charge in [-0.05, 0) is 90.5 Å². The van der Waals surface area contributed by atoms with E-state index in [0.717, 1.165) is 25.8 Å². The number of rotatable bonds is 10. The molecule has 3 N–H and O–H groups in total. The number of anilines is 2. The standard InChI is InChI=1S/C36H53N5O8/c1-24-20-41(25(2)22-42)35(44)29-18-27(37-34(43)11-9-16-39(4)5)12-14-30(29)49-26(3)10-7-8-17-46-33(24)21-40(6)36(45)38-28-13-15-31-32(19-28)48-23-47-31/h12-15,18-19,24-26,33,42H,7-11,16-17,20-23H2,1-6H3,(H,37,43)(H,38,45)/t24-,25+,26+,33-/m0/s1. The number of urea groups is 1. The average Bonchev–Trinajstić information content (AvgIpc) is 3.53. The van der Waals surface area contributed by atoms with Gasteiger partial charge in [0.2, 0.25) is 12.7 Å². The molecule has 49 heavy (non-hydrogen) atoms. The molecule has 2 aromatic rings. The number of fused-ring (bicyclic) bond motifs is 2. The van der Waals surface area contributed by atoms with Crippen molar-refractivity contribution in [3.8, 4) is 17.2 Å². The molecule has 13 heteroatoms. The number of likely N-dealkylation sites (N-methyl/N-ethyl adjacent to an activating group) is 1. The van der Waals surface area contributed by atoms with E-state index < -0.39 is 12.1 Å². The van der Waals surface area contributed by atoms with Gasteiger partial charge in [0.15, 0.2) is 11.5 Å². The monoisotopic (exact) mass is 683 g/mol. The molecule has 0 bridgehead atoms. The van der Waals surface area contributed by atoms with E-state index in [2.05, 4.69) is 10.6 Å². The zero-order valence-corrected chi connectivity index (χ0v) is 29.7. The SMILES string of the molecule is C[C@@H]1CCCCO[C@@H](CN(C)C(=O)Nc2ccc3c(c2)OCO3)[C@@H](C)CN([C@H](C)CO)C(=O)c2cc(NC(=O)CCCN(C)C)ccc2O1. The van der Waals surface area contributed by atoms with Crippen LogP contribution in [0.25, 0.3) is 0 Å². The summed E-state index contributed by atoms with van der Waals surface area (Å²) < 4.78 is 23.5. The maximum absolute atomic E-state index is 14.3. The van der Waals surface area contributed by atoms with E-state index in [1.165, 1.54) is 0 Å². The number of hydrogen-bond acceptors (Lipinski definition) is 9. The predicted octanol–water partition coefficient (Wildman–Crippen LogP) is 4.66. The molecule has 0 spiro atoms. The predicted molar refractivity (Wildman–Crippen MR) is 188 cm³/mol. The molecule has 2 aliphatic rings. The maximum Gasteiger partial charge on any atom is 0.321 e. The molecule has 0 fully saturated rings. The van der Waals surface area contributed by atoms with Crippen LogP contribution in [0.3, 0.4) is 0 Å². The fourth-order valence-electron chi connectivity index (χ4n) is 5.79. The summed E-state index contributed by atoms with van der Waals surface area (Å²) in [6.45, 7) is 7.42. The fraction of sp³-hybridized carbons (Fsp3) is 0.583. The van der Waals surface area contributed by atoms with Crippen molar-refractivity contribution < 1.29 is 38.4 Å². The number of nitrogens with zero attached hydrogens (tertiary/aromatic N) is 3. The number of ether oxygens (including phenoxy) is 4. The Morgan fingerprint density at radius 1 is 1.00 bits per heavy atom. The first-order chi connectivity index (χ1) is 23.4. The van der Waals surface area contributed by atoms with E-state index in [9.17, 15) is 19.5 Å². The molecular weight excluding hydrogens is 630 g/mol. The largest absolute Gasteiger partial charge is 0.490 e. The number of nitrogens with one attached hydrogen (secondary N) is 2. The Kier molecular flexibility index (Phi) is 13.9. The molecule has 4 amide bonds. The van der Waals surface area contributed by atoms with Crippen LogP contribution in [0.2, 0.25) is 0 Å². The molecule has 2 aromatic carbocycles. The molecule has 13 nitrogen and oxygen atoms in total. The molecule has 4 atom stereocenters. The lowest BCUT2D eigenvalue weighted by atomic mass is 10.0. The summed E-state index contributed by atoms with van der Waals surface area (Å²) >= 11 is 0. The van der Waals surface area contributed by atoms with Crippen molar-refractivity contribution >= 4 is 29.2 Å². The van der Waals surface area contributed by atoms with Crippen molar-refractivity contribution in [3.05, 3.63) is 42.0 Å². The van der Waals surface area contributed by atoms with Crippen molar-refractivity contribution in [2.45, 2.75) is 71.1 Å². The number of benzene rings is 2. The molecular formula is C36H53N5O8. The summed E-state index contributed by atoms with van der Waals surface area (Å²) in [5.74, 6) is 0.946. The molecule has 0 saturated carbocycles. The highest BCUT2D eigenvalue weighted by Gasteiger charge is 2.31. The first kappa shape index (κ1) is 37.7. The van der Waals surface area contributed by atoms with Gasteiger partial charge in [0.25, 0.3) is 5.91 Å². The van der Waals surface area contributed by atoms with Crippen LogP contribution in [0.1, 0.15) is 63.2 Å². The first-order valence-electron chi connectivity index (χ1n) is 17.2. The summed E-state index contributed by atoms with van der Waals surface area (Å²) in [6.07, 6.45) is 2.87. The van der Waals surface area contributed by atoms with Crippen LogP contribution in [-0.4, -0.2) is 117 Å². The molecule has 0 saturated heterocycles. The van der Waals surface area contributed by atoms with E-state index in [1.54, 1.807) is 60.2 Å². The van der Waals surface area contributed by atoms with Gasteiger partial charge in [0, 0.05) is 56.5 Å². The smallest absolute Gasteiger partial charge is 0.321 e. The van der Waals surface area contributed by atoms with Gasteiger partial charge < -0.3 is 49.4 Å². The second-order valence-electron chi connectivity index (χ2n) is 13.3. The lowest BCUT2D eigenvalue weighted by Gasteiger charge is -2.35. The van der Waals surface area contributed by atoms with E-state index in [-0.39, 0.29) is 56.4 Å². The second kappa shape index (κ2) is 18.1. The highest BCUT2D eigenvalue weighted by Crippen LogP contribution is 2.34. The number of carbonyl (C=O) groups excluding carboxylic acids is 3. The van der Waals surface area contributed by atoms with Crippen molar-refractivity contribution in [2.75, 3.05) is 71.4 Å². The lowest BCUT2D eigenvalue weighted by molar-refractivity contribution is -0.116. The zero-order chi connectivity index (χ0) is 35.5. The summed E-state index contributed by atoms with van der Waals surface area (Å²) in [7, 11) is 5.63. The number of aliphatic hydroxyl groups excluding tert-OH is 1. The van der Waals surface area contributed by atoms with Gasteiger partial charge in [-0.15, -0.1) is 0 Å². The van der Waals surface area contributed by atoms with Crippen molar-refractivity contribution in [3.63, 3.8) is 0 Å². The van der Waals surface area contributed by atoms with Gasteiger partial charge in [-0.2, -0.15) is 0 Å². The molecule has 2 heterocycles. The van der Waals surface area contributed by atoms with Gasteiger partial charge in [-0.3, -0.25) is 9.59 Å². The van der Waals surface area contributed by atoms with Gasteiger partial charge >= 0.3 is 6.03 Å². The van der Waals surface area contributed by atoms with Crippen LogP contribution in [0.4, 0.5) is 16.2 Å². The second-order valence-corrected chi connectivity index (χ2v) is 13.3. The minimum absolute atomic E-state index is 0.134. The molecule has 4 rings (SSSR count). The van der Waals surface area contributed by atoms with Gasteiger partial charge in [-0.25, -0.2) is 4.79 Å². The van der Waals surface area contributed by atoms with E-state index in [1.807, 2.05) is 32.8 Å². The Morgan fingerprint density at radius 2 is 1.71 bits per heavy atom. The van der Waals surface area contributed by atoms with Crippen LogP contribution < -0.4 is 24.8 Å². The van der Waals surface area contributed by atoms with Gasteiger partial charge in [-0.1, -0.05) is 6.92 Å². The minimum Gasteiger partial charge on any atom is -0.490 e. The number of carbonyl (C=O) groups is 3. The third kappa shape index (κ3) is 11.0. The normalized spacial score (nSPS) is 20.5. The number of amides is 4. The van der Waals surface area contributed by atoms with Crippen LogP contribution in [-0.2, 0) is 9.53 Å². The van der Waals surface area contributed by atoms with E-state index in [4.69, 9.17) is 18.9 Å². The summed E-state index contributed by atoms with van der Waals surface area (Å²) in [5, 5.41) is 16.1. The third-order valence-corrected chi connectivity index (χ3v) is 8.77. The number of aliphatic hydroxyl groups is 1. The van der Waals surface area contributed by atoms with Gasteiger partial charge in [0.05, 0.1) is 30.4 Å². The highest BCUT2D eigenvalue weighted by atomic mass is 16.7. The topological polar surface area (TPSA) is 142 Å². The van der Waals surface area contributed by atoms with Crippen molar-refractivity contribution in [2.24, 2.45) is 5.92 Å². The van der Waals surface area contributed by atoms with Crippen molar-refractivity contribution in [1.29, 1.82) is 0 Å². The molecule has 270 valence electrons. The lowest BCUT2D eigenvalue weighted by Crippen LogP contribution is -2.48. The molecule has 0 unspecified atom stereocenters. The average molecular weight is 684 g/mol. The summed E-state index contributed by atoms with van der Waals surface area (Å²) in [6, 6.07) is 9.53. The van der Waals surface area contributed by atoms with Crippen molar-refractivity contribution in [1.82, 2.24) is 14.7 Å². The Balaban J connectivity index is 1.53. The minimum atomic E-state index is -0.523. The molecule has 0 aliphatic carbocycles. The Hall–Kier alpha value is -4.07. The van der Waals surface area contributed by atoms with E-state index >= 15 is 0 Å². The van der Waals surface area contributed by atoms with Crippen LogP contribution in [0.5, 0.6) is 17.2 Å². The molecule has 2 aliphatic heterocycles.